The minimum Gasteiger partial charge on any atom is -0.316 e. The third-order valence-corrected chi connectivity index (χ3v) is 2.17. The minimum atomic E-state index is 0.377. The molecule has 3 nitrogen and oxygen atoms in total. The summed E-state index contributed by atoms with van der Waals surface area (Å²) < 4.78 is 0. The molecule has 68 valence electrons. The number of aryl methyl sites for hydroxylation is 1. The molecular weight excluding hydrogens is 164 g/mol. The smallest absolute Gasteiger partial charge is 0.0991 e. The van der Waals surface area contributed by atoms with Crippen LogP contribution in [0.2, 0.25) is 0 Å². The van der Waals surface area contributed by atoms with E-state index in [1.165, 1.54) is 0 Å². The molecule has 0 spiro atoms. The summed E-state index contributed by atoms with van der Waals surface area (Å²) >= 11 is 0. The molecule has 0 aliphatic heterocycles. The van der Waals surface area contributed by atoms with Crippen molar-refractivity contribution in [3.8, 4) is 6.07 Å². The van der Waals surface area contributed by atoms with Gasteiger partial charge in [-0.05, 0) is 42.7 Å². The van der Waals surface area contributed by atoms with E-state index in [2.05, 4.69) is 11.5 Å². The van der Waals surface area contributed by atoms with Crippen molar-refractivity contribution in [3.05, 3.63) is 34.4 Å². The zero-order chi connectivity index (χ0) is 9.84. The monoisotopic (exact) mass is 176 g/mol. The molecule has 0 fully saturated rings. The van der Waals surface area contributed by atoms with E-state index < -0.39 is 0 Å². The molecule has 0 bridgehead atoms. The van der Waals surface area contributed by atoms with Gasteiger partial charge < -0.3 is 5.21 Å². The zero-order valence-corrected chi connectivity index (χ0v) is 7.76. The molecule has 0 saturated carbocycles. The fraction of sp³-hybridized carbons (Fsp3) is 0.300. The van der Waals surface area contributed by atoms with Crippen LogP contribution in [-0.2, 0) is 6.54 Å². The molecule has 0 atom stereocenters. The summed E-state index contributed by atoms with van der Waals surface area (Å²) in [4.78, 5) is 0. The van der Waals surface area contributed by atoms with Crippen LogP contribution in [0.5, 0.6) is 0 Å². The maximum atomic E-state index is 8.71. The molecule has 13 heavy (non-hydrogen) atoms. The summed E-state index contributed by atoms with van der Waals surface area (Å²) in [5.74, 6) is 0. The predicted octanol–water partition coefficient (Wildman–Crippen LogP) is 1.65. The average molecular weight is 176 g/mol. The van der Waals surface area contributed by atoms with Gasteiger partial charge in [0.25, 0.3) is 0 Å². The van der Waals surface area contributed by atoms with E-state index in [0.717, 1.165) is 16.7 Å². The van der Waals surface area contributed by atoms with Crippen LogP contribution in [0.1, 0.15) is 22.3 Å². The highest BCUT2D eigenvalue weighted by Gasteiger charge is 2.03. The van der Waals surface area contributed by atoms with Crippen LogP contribution in [0.25, 0.3) is 0 Å². The molecule has 0 heterocycles. The van der Waals surface area contributed by atoms with Gasteiger partial charge in [0, 0.05) is 6.54 Å². The topological polar surface area (TPSA) is 56.0 Å². The van der Waals surface area contributed by atoms with Gasteiger partial charge in [-0.1, -0.05) is 0 Å². The highest BCUT2D eigenvalue weighted by Crippen LogP contribution is 2.15. The molecule has 1 aromatic rings. The summed E-state index contributed by atoms with van der Waals surface area (Å²) in [5, 5.41) is 17.3. The summed E-state index contributed by atoms with van der Waals surface area (Å²) in [6.45, 7) is 4.31. The molecule has 1 aromatic carbocycles. The summed E-state index contributed by atoms with van der Waals surface area (Å²) in [7, 11) is 0. The van der Waals surface area contributed by atoms with E-state index in [4.69, 9.17) is 10.5 Å². The number of nitriles is 1. The quantitative estimate of drug-likeness (QED) is 0.674. The molecule has 0 saturated heterocycles. The highest BCUT2D eigenvalue weighted by atomic mass is 16.5. The Labute approximate surface area is 77.6 Å². The first kappa shape index (κ1) is 9.72. The van der Waals surface area contributed by atoms with Crippen molar-refractivity contribution in [2.45, 2.75) is 20.4 Å². The average Bonchev–Trinajstić information content (AvgIpc) is 2.13. The maximum Gasteiger partial charge on any atom is 0.0991 e. The molecule has 2 N–H and O–H groups in total. The molecule has 3 heteroatoms. The van der Waals surface area contributed by atoms with Gasteiger partial charge in [-0.25, -0.2) is 5.48 Å². The SMILES string of the molecule is Cc1cc(C#N)cc(CNO)c1C. The number of hydrogen-bond donors (Lipinski definition) is 2. The Morgan fingerprint density at radius 2 is 2.15 bits per heavy atom. The third-order valence-electron chi connectivity index (χ3n) is 2.17. The molecular formula is C10H12N2O. The van der Waals surface area contributed by atoms with Gasteiger partial charge in [0.05, 0.1) is 11.6 Å². The van der Waals surface area contributed by atoms with Gasteiger partial charge in [-0.15, -0.1) is 0 Å². The first-order chi connectivity index (χ1) is 6.19. The van der Waals surface area contributed by atoms with Crippen LogP contribution < -0.4 is 5.48 Å². The largest absolute Gasteiger partial charge is 0.316 e. The lowest BCUT2D eigenvalue weighted by molar-refractivity contribution is 0.161. The van der Waals surface area contributed by atoms with Gasteiger partial charge >= 0.3 is 0 Å². The normalized spacial score (nSPS) is 9.69. The second-order valence-electron chi connectivity index (χ2n) is 3.02. The van der Waals surface area contributed by atoms with Crippen molar-refractivity contribution in [2.24, 2.45) is 0 Å². The molecule has 1 rings (SSSR count). The Bertz CT molecular complexity index is 353. The number of nitrogens with one attached hydrogen (secondary N) is 1. The van der Waals surface area contributed by atoms with Crippen molar-refractivity contribution in [1.29, 1.82) is 5.26 Å². The van der Waals surface area contributed by atoms with Gasteiger partial charge in [-0.3, -0.25) is 0 Å². The predicted molar refractivity (Wildman–Crippen MR) is 49.3 cm³/mol. The fourth-order valence-corrected chi connectivity index (χ4v) is 1.27. The first-order valence-electron chi connectivity index (χ1n) is 4.06. The van der Waals surface area contributed by atoms with Gasteiger partial charge in [0.1, 0.15) is 0 Å². The lowest BCUT2D eigenvalue weighted by Gasteiger charge is -2.07. The Morgan fingerprint density at radius 1 is 1.46 bits per heavy atom. The molecule has 0 aliphatic rings. The van der Waals surface area contributed by atoms with E-state index in [-0.39, 0.29) is 0 Å². The van der Waals surface area contributed by atoms with E-state index in [1.54, 1.807) is 6.07 Å². The highest BCUT2D eigenvalue weighted by molar-refractivity contribution is 5.42. The van der Waals surface area contributed by atoms with Crippen LogP contribution in [0.15, 0.2) is 12.1 Å². The van der Waals surface area contributed by atoms with Crippen LogP contribution in [0.4, 0.5) is 0 Å². The van der Waals surface area contributed by atoms with Crippen molar-refractivity contribution in [1.82, 2.24) is 5.48 Å². The number of hydroxylamine groups is 1. The second kappa shape index (κ2) is 4.04. The van der Waals surface area contributed by atoms with Gasteiger partial charge in [-0.2, -0.15) is 5.26 Å². The summed E-state index contributed by atoms with van der Waals surface area (Å²) in [6, 6.07) is 5.71. The van der Waals surface area contributed by atoms with Crippen molar-refractivity contribution in [2.75, 3.05) is 0 Å². The Morgan fingerprint density at radius 3 is 2.69 bits per heavy atom. The lowest BCUT2D eigenvalue weighted by Crippen LogP contribution is -2.08. The van der Waals surface area contributed by atoms with E-state index in [9.17, 15) is 0 Å². The number of nitrogens with zero attached hydrogens (tertiary/aromatic N) is 1. The zero-order valence-electron chi connectivity index (χ0n) is 7.76. The number of rotatable bonds is 2. The second-order valence-corrected chi connectivity index (χ2v) is 3.02. The lowest BCUT2D eigenvalue weighted by atomic mass is 10.0. The Kier molecular flexibility index (Phi) is 3.02. The van der Waals surface area contributed by atoms with Crippen LogP contribution >= 0.6 is 0 Å². The van der Waals surface area contributed by atoms with Crippen molar-refractivity contribution < 1.29 is 5.21 Å². The van der Waals surface area contributed by atoms with Crippen molar-refractivity contribution >= 4 is 0 Å². The summed E-state index contributed by atoms with van der Waals surface area (Å²) in [6.07, 6.45) is 0. The van der Waals surface area contributed by atoms with Gasteiger partial charge in [0.2, 0.25) is 0 Å². The van der Waals surface area contributed by atoms with E-state index in [0.29, 0.717) is 12.1 Å². The van der Waals surface area contributed by atoms with Crippen LogP contribution in [-0.4, -0.2) is 5.21 Å². The number of hydrogen-bond acceptors (Lipinski definition) is 3. The Balaban J connectivity index is 3.18. The maximum absolute atomic E-state index is 8.71. The summed E-state index contributed by atoms with van der Waals surface area (Å²) in [5.41, 5.74) is 5.87. The number of benzene rings is 1. The Hall–Kier alpha value is -1.37. The molecule has 0 amide bonds. The van der Waals surface area contributed by atoms with Crippen molar-refractivity contribution in [3.63, 3.8) is 0 Å². The third kappa shape index (κ3) is 2.05. The molecule has 0 aromatic heterocycles. The fourth-order valence-electron chi connectivity index (χ4n) is 1.27. The van der Waals surface area contributed by atoms with Gasteiger partial charge in [0.15, 0.2) is 0 Å². The standard InChI is InChI=1S/C10H12N2O/c1-7-3-9(5-11)4-10(6-12-13)8(7)2/h3-4,12-13H,6H2,1-2H3. The first-order valence-corrected chi connectivity index (χ1v) is 4.06. The van der Waals surface area contributed by atoms with Crippen LogP contribution in [0.3, 0.4) is 0 Å². The molecule has 0 unspecified atom stereocenters. The van der Waals surface area contributed by atoms with E-state index in [1.807, 2.05) is 19.9 Å². The minimum absolute atomic E-state index is 0.377. The molecule has 0 aliphatic carbocycles. The van der Waals surface area contributed by atoms with Crippen LogP contribution in [0, 0.1) is 25.2 Å². The van der Waals surface area contributed by atoms with E-state index >= 15 is 0 Å². The molecule has 0 radical (unpaired) electrons.